The average Bonchev–Trinajstić information content (AvgIpc) is 2.39. The fourth-order valence-electron chi connectivity index (χ4n) is 2.74. The van der Waals surface area contributed by atoms with Crippen LogP contribution < -0.4 is 10.1 Å². The van der Waals surface area contributed by atoms with Crippen LogP contribution in [0.3, 0.4) is 0 Å². The lowest BCUT2D eigenvalue weighted by molar-refractivity contribution is 0.185. The van der Waals surface area contributed by atoms with Crippen LogP contribution in [0.4, 0.5) is 0 Å². The van der Waals surface area contributed by atoms with E-state index in [1.165, 1.54) is 24.8 Å². The van der Waals surface area contributed by atoms with Gasteiger partial charge in [0.25, 0.3) is 0 Å². The zero-order chi connectivity index (χ0) is 13.6. The summed E-state index contributed by atoms with van der Waals surface area (Å²) in [6.45, 7) is 5.49. The summed E-state index contributed by atoms with van der Waals surface area (Å²) in [5.74, 6) is 0.966. The summed E-state index contributed by atoms with van der Waals surface area (Å²) in [6, 6.07) is 8.63. The molecule has 0 aromatic heterocycles. The molecule has 3 nitrogen and oxygen atoms in total. The van der Waals surface area contributed by atoms with Gasteiger partial charge in [0.2, 0.25) is 0 Å². The number of hydrogen-bond acceptors (Lipinski definition) is 3. The fourth-order valence-corrected chi connectivity index (χ4v) is 2.74. The van der Waals surface area contributed by atoms with Gasteiger partial charge in [0.1, 0.15) is 5.75 Å². The van der Waals surface area contributed by atoms with E-state index in [2.05, 4.69) is 29.6 Å². The maximum Gasteiger partial charge on any atom is 0.119 e. The van der Waals surface area contributed by atoms with Gasteiger partial charge in [-0.05, 0) is 37.5 Å². The Morgan fingerprint density at radius 1 is 1.21 bits per heavy atom. The number of methoxy groups -OCH3 is 1. The monoisotopic (exact) mass is 263 g/mol. The standard InChI is InChI=1S/C16H25NO2/c1-3-19-15-7-5-14(6-8-15)16(9-4-10-16)13-17-11-12-18-2/h5-8,17H,3-4,9-13H2,1-2H3. The summed E-state index contributed by atoms with van der Waals surface area (Å²) >= 11 is 0. The molecular formula is C16H25NO2. The van der Waals surface area contributed by atoms with Gasteiger partial charge in [-0.1, -0.05) is 18.6 Å². The molecule has 0 amide bonds. The van der Waals surface area contributed by atoms with E-state index in [9.17, 15) is 0 Å². The van der Waals surface area contributed by atoms with Crippen LogP contribution in [0, 0.1) is 0 Å². The smallest absolute Gasteiger partial charge is 0.119 e. The van der Waals surface area contributed by atoms with E-state index >= 15 is 0 Å². The van der Waals surface area contributed by atoms with E-state index in [4.69, 9.17) is 9.47 Å². The van der Waals surface area contributed by atoms with Crippen molar-refractivity contribution in [1.82, 2.24) is 5.32 Å². The largest absolute Gasteiger partial charge is 0.494 e. The van der Waals surface area contributed by atoms with Crippen LogP contribution in [0.25, 0.3) is 0 Å². The van der Waals surface area contributed by atoms with Gasteiger partial charge in [-0.25, -0.2) is 0 Å². The van der Waals surface area contributed by atoms with Gasteiger partial charge in [-0.15, -0.1) is 0 Å². The van der Waals surface area contributed by atoms with Crippen molar-refractivity contribution in [1.29, 1.82) is 0 Å². The molecule has 0 unspecified atom stereocenters. The van der Waals surface area contributed by atoms with E-state index in [-0.39, 0.29) is 0 Å². The molecule has 3 heteroatoms. The number of hydrogen-bond donors (Lipinski definition) is 1. The number of rotatable bonds is 8. The Balaban J connectivity index is 1.95. The molecule has 1 N–H and O–H groups in total. The van der Waals surface area contributed by atoms with Crippen molar-refractivity contribution in [3.8, 4) is 5.75 Å². The third kappa shape index (κ3) is 3.48. The van der Waals surface area contributed by atoms with E-state index < -0.39 is 0 Å². The second-order valence-corrected chi connectivity index (χ2v) is 5.26. The first-order valence-corrected chi connectivity index (χ1v) is 7.24. The Morgan fingerprint density at radius 3 is 2.47 bits per heavy atom. The Kier molecular flexibility index (Phi) is 5.23. The van der Waals surface area contributed by atoms with Crippen molar-refractivity contribution in [2.24, 2.45) is 0 Å². The molecule has 1 saturated carbocycles. The fraction of sp³-hybridized carbons (Fsp3) is 0.625. The van der Waals surface area contributed by atoms with Crippen LogP contribution in [0.5, 0.6) is 5.75 Å². The first kappa shape index (κ1) is 14.4. The molecule has 106 valence electrons. The van der Waals surface area contributed by atoms with Gasteiger partial charge < -0.3 is 14.8 Å². The lowest BCUT2D eigenvalue weighted by Crippen LogP contribution is -2.44. The van der Waals surface area contributed by atoms with Crippen LogP contribution in [0.2, 0.25) is 0 Å². The Hall–Kier alpha value is -1.06. The highest BCUT2D eigenvalue weighted by molar-refractivity contribution is 5.34. The molecule has 1 aliphatic carbocycles. The predicted octanol–water partition coefficient (Wildman–Crippen LogP) is 2.74. The molecule has 0 radical (unpaired) electrons. The molecule has 1 aromatic carbocycles. The maximum atomic E-state index is 5.51. The third-order valence-corrected chi connectivity index (χ3v) is 4.03. The number of benzene rings is 1. The van der Waals surface area contributed by atoms with E-state index in [0.29, 0.717) is 5.41 Å². The normalized spacial score (nSPS) is 16.9. The minimum absolute atomic E-state index is 0.332. The Morgan fingerprint density at radius 2 is 1.95 bits per heavy atom. The van der Waals surface area contributed by atoms with E-state index in [1.807, 2.05) is 6.92 Å². The molecule has 0 atom stereocenters. The molecule has 2 rings (SSSR count). The summed E-state index contributed by atoms with van der Waals surface area (Å²) in [6.07, 6.45) is 3.89. The quantitative estimate of drug-likeness (QED) is 0.732. The lowest BCUT2D eigenvalue weighted by atomic mass is 9.64. The Bertz CT molecular complexity index is 371. The van der Waals surface area contributed by atoms with Crippen LogP contribution in [0.15, 0.2) is 24.3 Å². The van der Waals surface area contributed by atoms with Crippen molar-refractivity contribution >= 4 is 0 Å². The van der Waals surface area contributed by atoms with E-state index in [0.717, 1.165) is 32.1 Å². The van der Waals surface area contributed by atoms with Gasteiger partial charge in [-0.2, -0.15) is 0 Å². The molecule has 0 saturated heterocycles. The van der Waals surface area contributed by atoms with Gasteiger partial charge in [-0.3, -0.25) is 0 Å². The van der Waals surface area contributed by atoms with Crippen molar-refractivity contribution in [2.75, 3.05) is 33.4 Å². The molecule has 1 aliphatic rings. The lowest BCUT2D eigenvalue weighted by Gasteiger charge is -2.43. The number of nitrogens with one attached hydrogen (secondary N) is 1. The first-order chi connectivity index (χ1) is 9.30. The molecule has 0 aliphatic heterocycles. The molecular weight excluding hydrogens is 238 g/mol. The van der Waals surface area contributed by atoms with Gasteiger partial charge in [0.15, 0.2) is 0 Å². The Labute approximate surface area is 116 Å². The summed E-state index contributed by atoms with van der Waals surface area (Å²) in [5, 5.41) is 3.51. The molecule has 0 bridgehead atoms. The average molecular weight is 263 g/mol. The van der Waals surface area contributed by atoms with Crippen molar-refractivity contribution in [2.45, 2.75) is 31.6 Å². The summed E-state index contributed by atoms with van der Waals surface area (Å²) in [7, 11) is 1.74. The zero-order valence-corrected chi connectivity index (χ0v) is 12.1. The van der Waals surface area contributed by atoms with Crippen LogP contribution in [-0.2, 0) is 10.2 Å². The second kappa shape index (κ2) is 6.92. The molecule has 0 heterocycles. The van der Waals surface area contributed by atoms with Gasteiger partial charge in [0.05, 0.1) is 13.2 Å². The van der Waals surface area contributed by atoms with Gasteiger partial charge >= 0.3 is 0 Å². The van der Waals surface area contributed by atoms with Crippen LogP contribution in [-0.4, -0.2) is 33.4 Å². The third-order valence-electron chi connectivity index (χ3n) is 4.03. The van der Waals surface area contributed by atoms with Crippen molar-refractivity contribution < 1.29 is 9.47 Å². The van der Waals surface area contributed by atoms with Crippen molar-refractivity contribution in [3.63, 3.8) is 0 Å². The summed E-state index contributed by atoms with van der Waals surface area (Å²) < 4.78 is 10.6. The summed E-state index contributed by atoms with van der Waals surface area (Å²) in [4.78, 5) is 0. The second-order valence-electron chi connectivity index (χ2n) is 5.26. The van der Waals surface area contributed by atoms with Gasteiger partial charge in [0, 0.05) is 25.6 Å². The highest BCUT2D eigenvalue weighted by atomic mass is 16.5. The highest BCUT2D eigenvalue weighted by Gasteiger charge is 2.38. The number of ether oxygens (including phenoxy) is 2. The summed E-state index contributed by atoms with van der Waals surface area (Å²) in [5.41, 5.74) is 1.77. The SMILES string of the molecule is CCOc1ccc(C2(CNCCOC)CCC2)cc1. The highest BCUT2D eigenvalue weighted by Crippen LogP contribution is 2.43. The molecule has 0 spiro atoms. The van der Waals surface area contributed by atoms with Crippen molar-refractivity contribution in [3.05, 3.63) is 29.8 Å². The zero-order valence-electron chi connectivity index (χ0n) is 12.1. The maximum absolute atomic E-state index is 5.51. The van der Waals surface area contributed by atoms with Crippen LogP contribution >= 0.6 is 0 Å². The first-order valence-electron chi connectivity index (χ1n) is 7.24. The minimum atomic E-state index is 0.332. The predicted molar refractivity (Wildman–Crippen MR) is 77.9 cm³/mol. The molecule has 1 aromatic rings. The minimum Gasteiger partial charge on any atom is -0.494 e. The topological polar surface area (TPSA) is 30.5 Å². The molecule has 19 heavy (non-hydrogen) atoms. The van der Waals surface area contributed by atoms with Crippen LogP contribution in [0.1, 0.15) is 31.7 Å². The molecule has 1 fully saturated rings. The van der Waals surface area contributed by atoms with E-state index in [1.54, 1.807) is 7.11 Å².